The molecule has 1 aliphatic rings. The van der Waals surface area contributed by atoms with E-state index in [2.05, 4.69) is 24.4 Å². The molecular formula is C12H16N2O. The van der Waals surface area contributed by atoms with Crippen molar-refractivity contribution in [1.82, 2.24) is 10.2 Å². The zero-order valence-electron chi connectivity index (χ0n) is 8.99. The van der Waals surface area contributed by atoms with Crippen molar-refractivity contribution in [2.75, 3.05) is 19.6 Å². The Morgan fingerprint density at radius 1 is 1.40 bits per heavy atom. The van der Waals surface area contributed by atoms with Crippen LogP contribution in [0.5, 0.6) is 0 Å². The first-order valence-corrected chi connectivity index (χ1v) is 5.30. The van der Waals surface area contributed by atoms with Gasteiger partial charge in [0.05, 0.1) is 6.54 Å². The van der Waals surface area contributed by atoms with E-state index in [0.717, 1.165) is 19.6 Å². The van der Waals surface area contributed by atoms with Crippen LogP contribution in [0, 0.1) is 6.92 Å². The summed E-state index contributed by atoms with van der Waals surface area (Å²) in [4.78, 5) is 13.5. The SMILES string of the molecule is Cc1ccccc1CN1CCNCC1=O. The molecule has 1 amide bonds. The maximum Gasteiger partial charge on any atom is 0.236 e. The lowest BCUT2D eigenvalue weighted by atomic mass is 10.1. The smallest absolute Gasteiger partial charge is 0.236 e. The molecule has 3 nitrogen and oxygen atoms in total. The predicted molar refractivity (Wildman–Crippen MR) is 59.5 cm³/mol. The minimum Gasteiger partial charge on any atom is -0.336 e. The summed E-state index contributed by atoms with van der Waals surface area (Å²) in [6.07, 6.45) is 0. The average molecular weight is 204 g/mol. The van der Waals surface area contributed by atoms with Crippen LogP contribution in [0.3, 0.4) is 0 Å². The van der Waals surface area contributed by atoms with Crippen molar-refractivity contribution in [1.29, 1.82) is 0 Å². The van der Waals surface area contributed by atoms with Gasteiger partial charge in [-0.05, 0) is 18.1 Å². The Morgan fingerprint density at radius 3 is 2.93 bits per heavy atom. The Bertz CT molecular complexity index is 362. The number of carbonyl (C=O) groups is 1. The molecule has 0 atom stereocenters. The summed E-state index contributed by atoms with van der Waals surface area (Å²) < 4.78 is 0. The fourth-order valence-electron chi connectivity index (χ4n) is 1.81. The minimum atomic E-state index is 0.199. The van der Waals surface area contributed by atoms with Gasteiger partial charge in [-0.25, -0.2) is 0 Å². The molecule has 0 saturated carbocycles. The summed E-state index contributed by atoms with van der Waals surface area (Å²) >= 11 is 0. The molecule has 1 aliphatic heterocycles. The predicted octanol–water partition coefficient (Wildman–Crippen LogP) is 0.927. The van der Waals surface area contributed by atoms with Gasteiger partial charge in [0.1, 0.15) is 0 Å². The fraction of sp³-hybridized carbons (Fsp3) is 0.417. The van der Waals surface area contributed by atoms with Gasteiger partial charge in [-0.15, -0.1) is 0 Å². The van der Waals surface area contributed by atoms with Gasteiger partial charge in [-0.1, -0.05) is 24.3 Å². The monoisotopic (exact) mass is 204 g/mol. The van der Waals surface area contributed by atoms with Crippen LogP contribution in [-0.2, 0) is 11.3 Å². The van der Waals surface area contributed by atoms with E-state index in [-0.39, 0.29) is 5.91 Å². The minimum absolute atomic E-state index is 0.199. The van der Waals surface area contributed by atoms with Gasteiger partial charge in [0, 0.05) is 19.6 Å². The Balaban J connectivity index is 2.08. The Hall–Kier alpha value is -1.35. The molecule has 1 aromatic rings. The van der Waals surface area contributed by atoms with Crippen molar-refractivity contribution in [2.24, 2.45) is 0 Å². The summed E-state index contributed by atoms with van der Waals surface area (Å²) in [5, 5.41) is 3.07. The van der Waals surface area contributed by atoms with Crippen molar-refractivity contribution in [3.63, 3.8) is 0 Å². The van der Waals surface area contributed by atoms with Crippen LogP contribution in [0.4, 0.5) is 0 Å². The molecule has 1 fully saturated rings. The van der Waals surface area contributed by atoms with Crippen LogP contribution in [0.1, 0.15) is 11.1 Å². The molecule has 0 aromatic heterocycles. The van der Waals surface area contributed by atoms with Crippen molar-refractivity contribution < 1.29 is 4.79 Å². The quantitative estimate of drug-likeness (QED) is 0.777. The molecule has 1 saturated heterocycles. The van der Waals surface area contributed by atoms with Crippen LogP contribution in [0.2, 0.25) is 0 Å². The van der Waals surface area contributed by atoms with Crippen molar-refractivity contribution in [3.8, 4) is 0 Å². The fourth-order valence-corrected chi connectivity index (χ4v) is 1.81. The van der Waals surface area contributed by atoms with E-state index in [9.17, 15) is 4.79 Å². The second kappa shape index (κ2) is 4.45. The largest absolute Gasteiger partial charge is 0.336 e. The highest BCUT2D eigenvalue weighted by molar-refractivity contribution is 5.79. The van der Waals surface area contributed by atoms with E-state index >= 15 is 0 Å². The Morgan fingerprint density at radius 2 is 2.20 bits per heavy atom. The zero-order chi connectivity index (χ0) is 10.7. The summed E-state index contributed by atoms with van der Waals surface area (Å²) in [5.74, 6) is 0.199. The highest BCUT2D eigenvalue weighted by Gasteiger charge is 2.17. The van der Waals surface area contributed by atoms with Gasteiger partial charge in [0.2, 0.25) is 5.91 Å². The lowest BCUT2D eigenvalue weighted by Gasteiger charge is -2.27. The highest BCUT2D eigenvalue weighted by atomic mass is 16.2. The zero-order valence-corrected chi connectivity index (χ0v) is 8.99. The summed E-state index contributed by atoms with van der Waals surface area (Å²) in [6, 6.07) is 8.22. The van der Waals surface area contributed by atoms with Crippen LogP contribution < -0.4 is 5.32 Å². The molecule has 15 heavy (non-hydrogen) atoms. The number of rotatable bonds is 2. The van der Waals surface area contributed by atoms with Crippen LogP contribution in [-0.4, -0.2) is 30.4 Å². The topological polar surface area (TPSA) is 32.3 Å². The number of hydrogen-bond acceptors (Lipinski definition) is 2. The number of nitrogens with zero attached hydrogens (tertiary/aromatic N) is 1. The molecule has 0 spiro atoms. The van der Waals surface area contributed by atoms with E-state index in [1.807, 2.05) is 17.0 Å². The third kappa shape index (κ3) is 2.36. The van der Waals surface area contributed by atoms with Crippen LogP contribution in [0.15, 0.2) is 24.3 Å². The summed E-state index contributed by atoms with van der Waals surface area (Å²) in [5.41, 5.74) is 2.50. The number of carbonyl (C=O) groups excluding carboxylic acids is 1. The molecule has 0 aliphatic carbocycles. The van der Waals surface area contributed by atoms with Crippen molar-refractivity contribution in [3.05, 3.63) is 35.4 Å². The van der Waals surface area contributed by atoms with E-state index in [4.69, 9.17) is 0 Å². The number of aryl methyl sites for hydroxylation is 1. The maximum absolute atomic E-state index is 11.6. The average Bonchev–Trinajstić information content (AvgIpc) is 2.24. The number of benzene rings is 1. The van der Waals surface area contributed by atoms with Gasteiger partial charge < -0.3 is 10.2 Å². The van der Waals surface area contributed by atoms with Gasteiger partial charge >= 0.3 is 0 Å². The highest BCUT2D eigenvalue weighted by Crippen LogP contribution is 2.11. The van der Waals surface area contributed by atoms with Gasteiger partial charge in [0.15, 0.2) is 0 Å². The number of hydrogen-bond donors (Lipinski definition) is 1. The summed E-state index contributed by atoms with van der Waals surface area (Å²) in [6.45, 7) is 5.02. The number of amides is 1. The number of piperazine rings is 1. The third-order valence-electron chi connectivity index (χ3n) is 2.81. The molecule has 0 unspecified atom stereocenters. The second-order valence-electron chi connectivity index (χ2n) is 3.92. The van der Waals surface area contributed by atoms with E-state index in [1.54, 1.807) is 0 Å². The molecule has 80 valence electrons. The number of nitrogens with one attached hydrogen (secondary N) is 1. The maximum atomic E-state index is 11.6. The van der Waals surface area contributed by atoms with Crippen LogP contribution in [0.25, 0.3) is 0 Å². The molecule has 0 bridgehead atoms. The third-order valence-corrected chi connectivity index (χ3v) is 2.81. The lowest BCUT2D eigenvalue weighted by molar-refractivity contribution is -0.132. The first-order valence-electron chi connectivity index (χ1n) is 5.30. The van der Waals surface area contributed by atoms with Crippen molar-refractivity contribution >= 4 is 5.91 Å². The van der Waals surface area contributed by atoms with Crippen LogP contribution >= 0.6 is 0 Å². The lowest BCUT2D eigenvalue weighted by Crippen LogP contribution is -2.47. The molecule has 1 aromatic carbocycles. The standard InChI is InChI=1S/C12H16N2O/c1-10-4-2-3-5-11(10)9-14-7-6-13-8-12(14)15/h2-5,13H,6-9H2,1H3. The normalized spacial score (nSPS) is 16.9. The Kier molecular flexibility index (Phi) is 3.02. The second-order valence-corrected chi connectivity index (χ2v) is 3.92. The van der Waals surface area contributed by atoms with E-state index < -0.39 is 0 Å². The molecular weight excluding hydrogens is 188 g/mol. The summed E-state index contributed by atoms with van der Waals surface area (Å²) in [7, 11) is 0. The molecule has 1 N–H and O–H groups in total. The first-order chi connectivity index (χ1) is 7.27. The Labute approximate surface area is 90.1 Å². The first kappa shape index (κ1) is 10.2. The molecule has 2 rings (SSSR count). The van der Waals surface area contributed by atoms with E-state index in [1.165, 1.54) is 11.1 Å². The molecule has 0 radical (unpaired) electrons. The van der Waals surface area contributed by atoms with Crippen molar-refractivity contribution in [2.45, 2.75) is 13.5 Å². The molecule has 3 heteroatoms. The molecule has 1 heterocycles. The van der Waals surface area contributed by atoms with Gasteiger partial charge in [-0.3, -0.25) is 4.79 Å². The van der Waals surface area contributed by atoms with E-state index in [0.29, 0.717) is 6.54 Å². The van der Waals surface area contributed by atoms with Gasteiger partial charge in [0.25, 0.3) is 0 Å². The van der Waals surface area contributed by atoms with Gasteiger partial charge in [-0.2, -0.15) is 0 Å².